The molecule has 0 bridgehead atoms. The van der Waals surface area contributed by atoms with E-state index in [1.807, 2.05) is 24.3 Å². The molecule has 9 nitrogen and oxygen atoms in total. The van der Waals surface area contributed by atoms with Crippen molar-refractivity contribution >= 4 is 54.9 Å². The molecule has 3 rings (SSSR count). The molecule has 1 aliphatic rings. The van der Waals surface area contributed by atoms with E-state index in [-0.39, 0.29) is 10.6 Å². The molecule has 2 heterocycles. The average Bonchev–Trinajstić information content (AvgIpc) is 3.07. The lowest BCUT2D eigenvalue weighted by molar-refractivity contribution is -0.139. The quantitative estimate of drug-likeness (QED) is 0.435. The van der Waals surface area contributed by atoms with Crippen molar-refractivity contribution in [3.8, 4) is 16.2 Å². The molecule has 0 unspecified atom stereocenters. The number of benzene rings is 1. The summed E-state index contributed by atoms with van der Waals surface area (Å²) >= 11 is 4.36. The Balaban J connectivity index is 1.72. The summed E-state index contributed by atoms with van der Waals surface area (Å²) in [5, 5.41) is 21.7. The van der Waals surface area contributed by atoms with Gasteiger partial charge in [0.25, 0.3) is 0 Å². The Morgan fingerprint density at radius 2 is 1.97 bits per heavy atom. The summed E-state index contributed by atoms with van der Waals surface area (Å²) in [4.78, 5) is 23.0. The highest BCUT2D eigenvalue weighted by Gasteiger charge is 2.26. The molecule has 1 saturated heterocycles. The van der Waals surface area contributed by atoms with E-state index in [0.717, 1.165) is 35.4 Å². The lowest BCUT2D eigenvalue weighted by atomic mass is 9.98. The van der Waals surface area contributed by atoms with Crippen molar-refractivity contribution in [1.29, 1.82) is 0 Å². The highest BCUT2D eigenvalue weighted by atomic mass is 79.9. The summed E-state index contributed by atoms with van der Waals surface area (Å²) in [6.07, 6.45) is 2.79. The highest BCUT2D eigenvalue weighted by molar-refractivity contribution is 9.10. The molecule has 1 aliphatic heterocycles. The van der Waals surface area contributed by atoms with Gasteiger partial charge in [-0.1, -0.05) is 12.1 Å². The minimum absolute atomic E-state index is 0.00380. The van der Waals surface area contributed by atoms with E-state index < -0.39 is 28.6 Å². The fourth-order valence-corrected chi connectivity index (χ4v) is 6.22. The molecule has 0 amide bonds. The van der Waals surface area contributed by atoms with Crippen LogP contribution in [0.4, 0.5) is 5.69 Å². The number of aliphatic carboxylic acids is 1. The third-order valence-electron chi connectivity index (χ3n) is 5.11. The number of aromatic carboxylic acids is 1. The first-order valence-corrected chi connectivity index (χ1v) is 13.2. The van der Waals surface area contributed by atoms with Gasteiger partial charge in [0.15, 0.2) is 17.2 Å². The number of anilines is 1. The first-order valence-electron chi connectivity index (χ1n) is 9.76. The molecule has 0 atom stereocenters. The number of ether oxygens (including phenoxy) is 1. The fraction of sp³-hybridized carbons (Fsp3) is 0.400. The number of sulfonamides is 1. The Labute approximate surface area is 198 Å². The van der Waals surface area contributed by atoms with Crippen LogP contribution in [0.3, 0.4) is 0 Å². The molecule has 12 heteroatoms. The lowest BCUT2D eigenvalue weighted by Gasteiger charge is -2.30. The minimum Gasteiger partial charge on any atom is -0.479 e. The molecule has 0 spiro atoms. The molecular weight excluding hydrogens is 524 g/mol. The highest BCUT2D eigenvalue weighted by Crippen LogP contribution is 2.46. The Hall–Kier alpha value is -2.15. The van der Waals surface area contributed by atoms with Crippen LogP contribution in [0.1, 0.15) is 22.5 Å². The molecular formula is C20H23BrN2O7S2. The van der Waals surface area contributed by atoms with Gasteiger partial charge in [-0.25, -0.2) is 22.3 Å². The third kappa shape index (κ3) is 6.00. The van der Waals surface area contributed by atoms with Crippen LogP contribution in [0.5, 0.6) is 5.75 Å². The smallest absolute Gasteiger partial charge is 0.349 e. The van der Waals surface area contributed by atoms with Crippen LogP contribution in [-0.4, -0.2) is 67.4 Å². The number of hydrogen-bond acceptors (Lipinski definition) is 7. The zero-order valence-corrected chi connectivity index (χ0v) is 20.4. The van der Waals surface area contributed by atoms with Crippen LogP contribution in [0.2, 0.25) is 0 Å². The van der Waals surface area contributed by atoms with Gasteiger partial charge in [-0.15, -0.1) is 11.3 Å². The van der Waals surface area contributed by atoms with Crippen molar-refractivity contribution in [2.24, 2.45) is 5.92 Å². The second-order valence-corrected chi connectivity index (χ2v) is 11.3. The molecule has 0 saturated carbocycles. The Morgan fingerprint density at radius 3 is 2.56 bits per heavy atom. The van der Waals surface area contributed by atoms with Crippen molar-refractivity contribution in [3.05, 3.63) is 33.6 Å². The molecule has 32 heavy (non-hydrogen) atoms. The van der Waals surface area contributed by atoms with Crippen molar-refractivity contribution in [2.75, 3.05) is 37.8 Å². The van der Waals surface area contributed by atoms with Crippen LogP contribution in [0, 0.1) is 5.92 Å². The van der Waals surface area contributed by atoms with Gasteiger partial charge in [-0.3, -0.25) is 0 Å². The van der Waals surface area contributed by atoms with Gasteiger partial charge in [0.05, 0.1) is 15.6 Å². The summed E-state index contributed by atoms with van der Waals surface area (Å²) in [7, 11) is -3.15. The van der Waals surface area contributed by atoms with Crippen molar-refractivity contribution < 1.29 is 33.0 Å². The van der Waals surface area contributed by atoms with E-state index in [2.05, 4.69) is 21.2 Å². The first-order chi connectivity index (χ1) is 15.1. The zero-order valence-electron chi connectivity index (χ0n) is 17.2. The topological polar surface area (TPSA) is 133 Å². The van der Waals surface area contributed by atoms with Crippen LogP contribution in [0.15, 0.2) is 28.7 Å². The van der Waals surface area contributed by atoms with Gasteiger partial charge in [0.1, 0.15) is 0 Å². The second kappa shape index (κ2) is 10.2. The molecule has 1 aromatic heterocycles. The lowest BCUT2D eigenvalue weighted by Crippen LogP contribution is -2.39. The Bertz CT molecular complexity index is 1110. The van der Waals surface area contributed by atoms with Gasteiger partial charge in [0.2, 0.25) is 10.0 Å². The number of carboxylic acids is 2. The van der Waals surface area contributed by atoms with Gasteiger partial charge in [-0.2, -0.15) is 0 Å². The largest absolute Gasteiger partial charge is 0.479 e. The van der Waals surface area contributed by atoms with Gasteiger partial charge >= 0.3 is 11.9 Å². The number of thiophene rings is 1. The van der Waals surface area contributed by atoms with E-state index >= 15 is 0 Å². The van der Waals surface area contributed by atoms with E-state index in [1.54, 1.807) is 0 Å². The van der Waals surface area contributed by atoms with E-state index in [9.17, 15) is 23.1 Å². The summed E-state index contributed by atoms with van der Waals surface area (Å²) < 4.78 is 30.4. The number of rotatable bonds is 9. The maximum absolute atomic E-state index is 11.6. The third-order valence-corrected chi connectivity index (χ3v) is 8.64. The summed E-state index contributed by atoms with van der Waals surface area (Å²) in [6.45, 7) is 1.09. The number of hydrogen-bond donors (Lipinski definition) is 3. The molecule has 0 radical (unpaired) electrons. The number of nitrogens with zero attached hydrogens (tertiary/aromatic N) is 1. The second-order valence-electron chi connectivity index (χ2n) is 7.46. The predicted molar refractivity (Wildman–Crippen MR) is 125 cm³/mol. The average molecular weight is 547 g/mol. The number of nitrogens with one attached hydrogen (secondary N) is 1. The minimum atomic E-state index is -3.15. The standard InChI is InChI=1S/C20H23BrN2O7S2/c1-32(28,29)23-7-5-12(6-8-23)10-22-14-4-2-3-13(9-14)18-16(21)17(30-11-15(24)25)19(31-18)20(26)27/h2-4,9,12,22H,5-8,10-11H2,1H3,(H,24,25)(H,26,27). The molecule has 0 aliphatic carbocycles. The number of carbonyl (C=O) groups is 2. The van der Waals surface area contributed by atoms with Gasteiger partial charge < -0.3 is 20.3 Å². The van der Waals surface area contributed by atoms with Crippen LogP contribution < -0.4 is 10.1 Å². The van der Waals surface area contributed by atoms with Gasteiger partial charge in [0, 0.05) is 25.3 Å². The first kappa shape index (κ1) is 24.5. The summed E-state index contributed by atoms with van der Waals surface area (Å²) in [6, 6.07) is 7.46. The van der Waals surface area contributed by atoms with Crippen molar-refractivity contribution in [1.82, 2.24) is 4.31 Å². The number of piperidine rings is 1. The maximum atomic E-state index is 11.6. The predicted octanol–water partition coefficient (Wildman–Crippen LogP) is 3.42. The van der Waals surface area contributed by atoms with Crippen LogP contribution in [0.25, 0.3) is 10.4 Å². The number of carboxylic acid groups (broad SMARTS) is 2. The Kier molecular flexibility index (Phi) is 7.80. The fourth-order valence-electron chi connectivity index (χ4n) is 3.46. The normalized spacial score (nSPS) is 15.4. The Morgan fingerprint density at radius 1 is 1.28 bits per heavy atom. The van der Waals surface area contributed by atoms with E-state index in [4.69, 9.17) is 9.84 Å². The van der Waals surface area contributed by atoms with Crippen molar-refractivity contribution in [3.63, 3.8) is 0 Å². The van der Waals surface area contributed by atoms with E-state index in [1.165, 1.54) is 10.6 Å². The summed E-state index contributed by atoms with van der Waals surface area (Å²) in [5.74, 6) is -2.05. The van der Waals surface area contributed by atoms with Crippen LogP contribution >= 0.6 is 27.3 Å². The van der Waals surface area contributed by atoms with E-state index in [0.29, 0.717) is 34.9 Å². The SMILES string of the molecule is CS(=O)(=O)N1CCC(CNc2cccc(-c3sc(C(=O)O)c(OCC(=O)O)c3Br)c2)CC1. The maximum Gasteiger partial charge on any atom is 0.349 e. The molecule has 2 aromatic rings. The molecule has 3 N–H and O–H groups in total. The zero-order chi connectivity index (χ0) is 23.5. The molecule has 1 aromatic carbocycles. The molecule has 174 valence electrons. The van der Waals surface area contributed by atoms with Crippen molar-refractivity contribution in [2.45, 2.75) is 12.8 Å². The molecule has 1 fully saturated rings. The van der Waals surface area contributed by atoms with Gasteiger partial charge in [-0.05, 0) is 52.4 Å². The monoisotopic (exact) mass is 546 g/mol. The summed E-state index contributed by atoms with van der Waals surface area (Å²) in [5.41, 5.74) is 1.60. The van der Waals surface area contributed by atoms with Crippen LogP contribution in [-0.2, 0) is 14.8 Å². The number of halogens is 1.